The van der Waals surface area contributed by atoms with Crippen LogP contribution in [0.3, 0.4) is 0 Å². The molecule has 0 bridgehead atoms. The van der Waals surface area contributed by atoms with Crippen LogP contribution in [0, 0.1) is 6.92 Å². The number of rotatable bonds is 4. The van der Waals surface area contributed by atoms with Gasteiger partial charge in [-0.2, -0.15) is 0 Å². The Balaban J connectivity index is 1.98. The van der Waals surface area contributed by atoms with Crippen LogP contribution in [0.5, 0.6) is 0 Å². The van der Waals surface area contributed by atoms with Gasteiger partial charge in [0.05, 0.1) is 6.61 Å². The van der Waals surface area contributed by atoms with Crippen LogP contribution < -0.4 is 5.32 Å². The largest absolute Gasteiger partial charge is 0.392 e. The number of hydrogen-bond donors (Lipinski definition) is 2. The van der Waals surface area contributed by atoms with Gasteiger partial charge < -0.3 is 10.4 Å². The van der Waals surface area contributed by atoms with Gasteiger partial charge in [0, 0.05) is 12.1 Å². The van der Waals surface area contributed by atoms with Crippen molar-refractivity contribution in [3.05, 3.63) is 70.8 Å². The minimum absolute atomic E-state index is 0.0375. The SMILES string of the molecule is Cc1ccccc1C(=O)NCc1ccc(CO)cc1. The topological polar surface area (TPSA) is 49.3 Å². The summed E-state index contributed by atoms with van der Waals surface area (Å²) in [6.45, 7) is 2.44. The monoisotopic (exact) mass is 255 g/mol. The molecule has 2 N–H and O–H groups in total. The van der Waals surface area contributed by atoms with Crippen molar-refractivity contribution in [2.75, 3.05) is 0 Å². The molecule has 98 valence electrons. The van der Waals surface area contributed by atoms with Crippen molar-refractivity contribution < 1.29 is 9.90 Å². The number of carbonyl (C=O) groups excluding carboxylic acids is 1. The lowest BCUT2D eigenvalue weighted by atomic mass is 10.1. The standard InChI is InChI=1S/C16H17NO2/c1-12-4-2-3-5-15(12)16(19)17-10-13-6-8-14(11-18)9-7-13/h2-9,18H,10-11H2,1H3,(H,17,19). The zero-order valence-corrected chi connectivity index (χ0v) is 10.9. The number of aliphatic hydroxyl groups is 1. The molecule has 0 aliphatic carbocycles. The Morgan fingerprint density at radius 2 is 1.68 bits per heavy atom. The van der Waals surface area contributed by atoms with Crippen LogP contribution in [-0.4, -0.2) is 11.0 Å². The molecule has 1 amide bonds. The van der Waals surface area contributed by atoms with E-state index in [4.69, 9.17) is 5.11 Å². The van der Waals surface area contributed by atoms with Gasteiger partial charge >= 0.3 is 0 Å². The van der Waals surface area contributed by atoms with E-state index in [9.17, 15) is 4.79 Å². The maximum Gasteiger partial charge on any atom is 0.251 e. The smallest absolute Gasteiger partial charge is 0.251 e. The number of hydrogen-bond acceptors (Lipinski definition) is 2. The molecule has 2 aromatic carbocycles. The summed E-state index contributed by atoms with van der Waals surface area (Å²) in [4.78, 5) is 12.0. The van der Waals surface area contributed by atoms with Gasteiger partial charge in [0.1, 0.15) is 0 Å². The highest BCUT2D eigenvalue weighted by Crippen LogP contribution is 2.08. The fourth-order valence-electron chi connectivity index (χ4n) is 1.87. The van der Waals surface area contributed by atoms with E-state index in [-0.39, 0.29) is 12.5 Å². The first-order valence-electron chi connectivity index (χ1n) is 6.23. The second-order valence-corrected chi connectivity index (χ2v) is 4.47. The Morgan fingerprint density at radius 3 is 2.32 bits per heavy atom. The number of carbonyl (C=O) groups is 1. The van der Waals surface area contributed by atoms with E-state index < -0.39 is 0 Å². The Bertz CT molecular complexity index is 561. The molecule has 0 spiro atoms. The minimum atomic E-state index is -0.0654. The lowest BCUT2D eigenvalue weighted by Gasteiger charge is -2.08. The molecule has 3 heteroatoms. The Kier molecular flexibility index (Phi) is 4.31. The number of aliphatic hydroxyl groups excluding tert-OH is 1. The van der Waals surface area contributed by atoms with E-state index in [2.05, 4.69) is 5.32 Å². The van der Waals surface area contributed by atoms with Gasteiger partial charge in [-0.3, -0.25) is 4.79 Å². The molecule has 0 heterocycles. The van der Waals surface area contributed by atoms with Crippen LogP contribution in [0.25, 0.3) is 0 Å². The Hall–Kier alpha value is -2.13. The molecule has 3 nitrogen and oxygen atoms in total. The first-order chi connectivity index (χ1) is 9.20. The molecule has 2 aromatic rings. The molecule has 0 aliphatic rings. The van der Waals surface area contributed by atoms with Crippen LogP contribution >= 0.6 is 0 Å². The van der Waals surface area contributed by atoms with Crippen LogP contribution in [0.4, 0.5) is 0 Å². The van der Waals surface area contributed by atoms with Crippen molar-refractivity contribution >= 4 is 5.91 Å². The predicted octanol–water partition coefficient (Wildman–Crippen LogP) is 2.42. The van der Waals surface area contributed by atoms with E-state index in [1.54, 1.807) is 0 Å². The minimum Gasteiger partial charge on any atom is -0.392 e. The summed E-state index contributed by atoms with van der Waals surface area (Å²) < 4.78 is 0. The number of aryl methyl sites for hydroxylation is 1. The third-order valence-corrected chi connectivity index (χ3v) is 3.05. The lowest BCUT2D eigenvalue weighted by Crippen LogP contribution is -2.23. The molecule has 0 saturated heterocycles. The zero-order chi connectivity index (χ0) is 13.7. The molecule has 0 saturated carbocycles. The van der Waals surface area contributed by atoms with Crippen molar-refractivity contribution in [3.8, 4) is 0 Å². The van der Waals surface area contributed by atoms with Gasteiger partial charge in [0.15, 0.2) is 0 Å². The van der Waals surface area contributed by atoms with Crippen molar-refractivity contribution in [1.82, 2.24) is 5.32 Å². The molecular formula is C16H17NO2. The lowest BCUT2D eigenvalue weighted by molar-refractivity contribution is 0.0950. The highest BCUT2D eigenvalue weighted by molar-refractivity contribution is 5.95. The fraction of sp³-hybridized carbons (Fsp3) is 0.188. The van der Waals surface area contributed by atoms with Gasteiger partial charge in [-0.15, -0.1) is 0 Å². The highest BCUT2D eigenvalue weighted by atomic mass is 16.3. The van der Waals surface area contributed by atoms with Crippen LogP contribution in [0.1, 0.15) is 27.0 Å². The molecule has 0 radical (unpaired) electrons. The Morgan fingerprint density at radius 1 is 1.05 bits per heavy atom. The average molecular weight is 255 g/mol. The predicted molar refractivity (Wildman–Crippen MR) is 74.7 cm³/mol. The van der Waals surface area contributed by atoms with Gasteiger partial charge in [0.2, 0.25) is 0 Å². The number of nitrogens with one attached hydrogen (secondary N) is 1. The van der Waals surface area contributed by atoms with E-state index in [0.717, 1.165) is 16.7 Å². The van der Waals surface area contributed by atoms with Crippen molar-refractivity contribution in [2.24, 2.45) is 0 Å². The molecular weight excluding hydrogens is 238 g/mol. The summed E-state index contributed by atoms with van der Waals surface area (Å²) in [5, 5.41) is 11.8. The van der Waals surface area contributed by atoms with Crippen molar-refractivity contribution in [3.63, 3.8) is 0 Å². The second-order valence-electron chi connectivity index (χ2n) is 4.47. The normalized spacial score (nSPS) is 10.2. The van der Waals surface area contributed by atoms with Gasteiger partial charge in [-0.05, 0) is 29.7 Å². The first-order valence-corrected chi connectivity index (χ1v) is 6.23. The summed E-state index contributed by atoms with van der Waals surface area (Å²) in [6, 6.07) is 15.0. The third kappa shape index (κ3) is 3.42. The summed E-state index contributed by atoms with van der Waals surface area (Å²) in [7, 11) is 0. The highest BCUT2D eigenvalue weighted by Gasteiger charge is 2.07. The van der Waals surface area contributed by atoms with E-state index in [0.29, 0.717) is 12.1 Å². The van der Waals surface area contributed by atoms with E-state index >= 15 is 0 Å². The summed E-state index contributed by atoms with van der Waals surface area (Å²) in [5.41, 5.74) is 3.55. The van der Waals surface area contributed by atoms with Crippen LogP contribution in [0.15, 0.2) is 48.5 Å². The number of amides is 1. The van der Waals surface area contributed by atoms with Gasteiger partial charge in [-0.25, -0.2) is 0 Å². The molecule has 2 rings (SSSR count). The summed E-state index contributed by atoms with van der Waals surface area (Å²) in [5.74, 6) is -0.0654. The van der Waals surface area contributed by atoms with Gasteiger partial charge in [-0.1, -0.05) is 42.5 Å². The molecule has 19 heavy (non-hydrogen) atoms. The molecule has 0 aliphatic heterocycles. The molecule has 0 aromatic heterocycles. The molecule has 0 atom stereocenters. The fourth-order valence-corrected chi connectivity index (χ4v) is 1.87. The zero-order valence-electron chi connectivity index (χ0n) is 10.9. The first kappa shape index (κ1) is 13.3. The quantitative estimate of drug-likeness (QED) is 0.881. The average Bonchev–Trinajstić information content (AvgIpc) is 2.46. The maximum atomic E-state index is 12.0. The third-order valence-electron chi connectivity index (χ3n) is 3.05. The summed E-state index contributed by atoms with van der Waals surface area (Å²) in [6.07, 6.45) is 0. The Labute approximate surface area is 112 Å². The number of benzene rings is 2. The van der Waals surface area contributed by atoms with Crippen molar-refractivity contribution in [1.29, 1.82) is 0 Å². The van der Waals surface area contributed by atoms with Crippen molar-refractivity contribution in [2.45, 2.75) is 20.1 Å². The van der Waals surface area contributed by atoms with Crippen LogP contribution in [0.2, 0.25) is 0 Å². The molecule has 0 unspecified atom stereocenters. The maximum absolute atomic E-state index is 12.0. The summed E-state index contributed by atoms with van der Waals surface area (Å²) >= 11 is 0. The molecule has 0 fully saturated rings. The van der Waals surface area contributed by atoms with E-state index in [1.807, 2.05) is 55.5 Å². The van der Waals surface area contributed by atoms with Gasteiger partial charge in [0.25, 0.3) is 5.91 Å². The van der Waals surface area contributed by atoms with Crippen LogP contribution in [-0.2, 0) is 13.2 Å². The van der Waals surface area contributed by atoms with E-state index in [1.165, 1.54) is 0 Å². The second kappa shape index (κ2) is 6.16.